The average Bonchev–Trinajstić information content (AvgIpc) is 3.56. The van der Waals surface area contributed by atoms with Crippen LogP contribution in [-0.2, 0) is 4.79 Å². The summed E-state index contributed by atoms with van der Waals surface area (Å²) in [6.07, 6.45) is 3.36. The first-order valence-corrected chi connectivity index (χ1v) is 13.9. The number of benzene rings is 1. The highest BCUT2D eigenvalue weighted by Gasteiger charge is 2.50. The molecule has 35 heavy (non-hydrogen) atoms. The maximum Gasteiger partial charge on any atom is 0.277 e. The Bertz CT molecular complexity index is 1400. The van der Waals surface area contributed by atoms with Crippen molar-refractivity contribution in [2.24, 2.45) is 10.8 Å². The third-order valence-electron chi connectivity index (χ3n) is 7.18. The molecule has 1 amide bonds. The number of carbonyl (C=O) groups is 1. The Labute approximate surface area is 213 Å². The van der Waals surface area contributed by atoms with Gasteiger partial charge >= 0.3 is 0 Å². The predicted molar refractivity (Wildman–Crippen MR) is 140 cm³/mol. The number of nitrogens with zero attached hydrogens (tertiary/aromatic N) is 4. The van der Waals surface area contributed by atoms with E-state index < -0.39 is 0 Å². The molecule has 0 unspecified atom stereocenters. The molecular formula is C27H28N4O2S2. The van der Waals surface area contributed by atoms with E-state index in [0.717, 1.165) is 46.4 Å². The molecule has 1 aromatic carbocycles. The Kier molecular flexibility index (Phi) is 5.49. The van der Waals surface area contributed by atoms with Crippen molar-refractivity contribution in [1.82, 2.24) is 20.1 Å². The summed E-state index contributed by atoms with van der Waals surface area (Å²) < 4.78 is 6.05. The molecule has 6 rings (SSSR count). The third kappa shape index (κ3) is 4.38. The Balaban J connectivity index is 1.21. The van der Waals surface area contributed by atoms with Crippen LogP contribution in [-0.4, -0.2) is 44.3 Å². The molecule has 0 N–H and O–H groups in total. The first-order valence-electron chi connectivity index (χ1n) is 12.0. The molecule has 1 saturated carbocycles. The largest absolute Gasteiger partial charge is 0.411 e. The molecule has 6 nitrogen and oxygen atoms in total. The minimum Gasteiger partial charge on any atom is -0.411 e. The number of thioether (sulfide) groups is 1. The molecule has 8 heteroatoms. The topological polar surface area (TPSA) is 72.1 Å². The van der Waals surface area contributed by atoms with Gasteiger partial charge in [0.15, 0.2) is 0 Å². The first kappa shape index (κ1) is 22.7. The lowest BCUT2D eigenvalue weighted by Gasteiger charge is -2.39. The van der Waals surface area contributed by atoms with E-state index in [1.807, 2.05) is 41.8 Å². The van der Waals surface area contributed by atoms with Gasteiger partial charge in [0, 0.05) is 18.0 Å². The van der Waals surface area contributed by atoms with Crippen LogP contribution in [0.1, 0.15) is 40.0 Å². The van der Waals surface area contributed by atoms with Crippen LogP contribution in [0.3, 0.4) is 0 Å². The van der Waals surface area contributed by atoms with E-state index in [9.17, 15) is 4.79 Å². The smallest absolute Gasteiger partial charge is 0.277 e. The van der Waals surface area contributed by atoms with E-state index in [-0.39, 0.29) is 16.7 Å². The van der Waals surface area contributed by atoms with Crippen LogP contribution < -0.4 is 0 Å². The number of hydrogen-bond acceptors (Lipinski definition) is 7. The summed E-state index contributed by atoms with van der Waals surface area (Å²) in [4.78, 5) is 21.2. The zero-order chi connectivity index (χ0) is 24.2. The monoisotopic (exact) mass is 504 g/mol. The number of aromatic nitrogens is 3. The van der Waals surface area contributed by atoms with Crippen molar-refractivity contribution in [3.8, 4) is 22.0 Å². The molecule has 4 heterocycles. The second-order valence-electron chi connectivity index (χ2n) is 10.9. The van der Waals surface area contributed by atoms with Gasteiger partial charge in [0.1, 0.15) is 0 Å². The van der Waals surface area contributed by atoms with Gasteiger partial charge in [-0.05, 0) is 53.7 Å². The summed E-state index contributed by atoms with van der Waals surface area (Å²) in [6.45, 7) is 7.83. The van der Waals surface area contributed by atoms with Crippen molar-refractivity contribution < 1.29 is 9.21 Å². The maximum absolute atomic E-state index is 13.2. The molecule has 4 aromatic rings. The van der Waals surface area contributed by atoms with E-state index in [1.54, 1.807) is 11.3 Å². The van der Waals surface area contributed by atoms with Crippen molar-refractivity contribution in [3.05, 3.63) is 47.8 Å². The van der Waals surface area contributed by atoms with Gasteiger partial charge in [-0.15, -0.1) is 21.5 Å². The van der Waals surface area contributed by atoms with Crippen LogP contribution >= 0.6 is 23.1 Å². The predicted octanol–water partition coefficient (Wildman–Crippen LogP) is 6.53. The Morgan fingerprint density at radius 2 is 2.03 bits per heavy atom. The standard InChI is InChI=1S/C27H28N4O2S2/c1-26(2)12-17-13-27(3,15-26)16-31(17)23(32)14-35-25-30-29-24(33-25)19-11-21(22-9-6-10-34-22)28-20-8-5-4-7-18(19)20/h4-11,17H,12-16H2,1-3H3/t17-,27+/m0/s1. The number of thiophene rings is 1. The Morgan fingerprint density at radius 1 is 1.17 bits per heavy atom. The SMILES string of the molecule is CC1(C)C[C@H]2C[C@@](C)(CN2C(=O)CSc2nnc(-c3cc(-c4cccs4)nc4ccccc34)o2)C1. The Morgan fingerprint density at radius 3 is 2.86 bits per heavy atom. The van der Waals surface area contributed by atoms with Crippen LogP contribution in [0.4, 0.5) is 0 Å². The summed E-state index contributed by atoms with van der Waals surface area (Å²) in [6, 6.07) is 14.4. The number of likely N-dealkylation sites (tertiary alicyclic amines) is 1. The fourth-order valence-electron chi connectivity index (χ4n) is 6.24. The highest BCUT2D eigenvalue weighted by molar-refractivity contribution is 7.99. The molecule has 1 saturated heterocycles. The summed E-state index contributed by atoms with van der Waals surface area (Å²) in [7, 11) is 0. The molecule has 0 spiro atoms. The van der Waals surface area contributed by atoms with Crippen LogP contribution in [0.2, 0.25) is 0 Å². The van der Waals surface area contributed by atoms with E-state index in [2.05, 4.69) is 41.9 Å². The van der Waals surface area contributed by atoms with Gasteiger partial charge in [-0.3, -0.25) is 4.79 Å². The summed E-state index contributed by atoms with van der Waals surface area (Å²) in [5.74, 6) is 0.921. The second kappa shape index (κ2) is 8.45. The van der Waals surface area contributed by atoms with Crippen molar-refractivity contribution in [2.45, 2.75) is 51.3 Å². The molecule has 1 aliphatic carbocycles. The van der Waals surface area contributed by atoms with E-state index in [4.69, 9.17) is 9.40 Å². The van der Waals surface area contributed by atoms with Gasteiger partial charge in [0.2, 0.25) is 11.8 Å². The van der Waals surface area contributed by atoms with Crippen molar-refractivity contribution >= 4 is 39.9 Å². The average molecular weight is 505 g/mol. The molecule has 2 fully saturated rings. The van der Waals surface area contributed by atoms with Gasteiger partial charge in [-0.1, -0.05) is 56.8 Å². The summed E-state index contributed by atoms with van der Waals surface area (Å²) in [5, 5.41) is 12.0. The molecule has 1 aliphatic heterocycles. The molecular weight excluding hydrogens is 476 g/mol. The van der Waals surface area contributed by atoms with Crippen LogP contribution in [0.15, 0.2) is 57.5 Å². The molecule has 2 bridgehead atoms. The van der Waals surface area contributed by atoms with Gasteiger partial charge < -0.3 is 9.32 Å². The van der Waals surface area contributed by atoms with Gasteiger partial charge in [0.05, 0.1) is 27.4 Å². The summed E-state index contributed by atoms with van der Waals surface area (Å²) in [5.41, 5.74) is 3.14. The van der Waals surface area contributed by atoms with E-state index in [0.29, 0.717) is 22.9 Å². The van der Waals surface area contributed by atoms with Crippen molar-refractivity contribution in [1.29, 1.82) is 0 Å². The van der Waals surface area contributed by atoms with E-state index >= 15 is 0 Å². The first-order chi connectivity index (χ1) is 16.8. The number of amides is 1. The van der Waals surface area contributed by atoms with Crippen LogP contribution in [0.25, 0.3) is 32.9 Å². The number of carbonyl (C=O) groups excluding carboxylic acids is 1. The number of rotatable bonds is 5. The van der Waals surface area contributed by atoms with Crippen LogP contribution in [0, 0.1) is 10.8 Å². The summed E-state index contributed by atoms with van der Waals surface area (Å²) >= 11 is 2.97. The van der Waals surface area contributed by atoms with Gasteiger partial charge in [0.25, 0.3) is 5.22 Å². The van der Waals surface area contributed by atoms with Crippen molar-refractivity contribution in [2.75, 3.05) is 12.3 Å². The highest BCUT2D eigenvalue weighted by Crippen LogP contribution is 2.52. The number of hydrogen-bond donors (Lipinski definition) is 0. The minimum absolute atomic E-state index is 0.163. The third-order valence-corrected chi connectivity index (χ3v) is 8.88. The second-order valence-corrected chi connectivity index (χ2v) is 12.8. The highest BCUT2D eigenvalue weighted by atomic mass is 32.2. The Hall–Kier alpha value is -2.71. The normalized spacial score (nSPS) is 23.2. The lowest BCUT2D eigenvalue weighted by molar-refractivity contribution is -0.129. The fourth-order valence-corrected chi connectivity index (χ4v) is 7.57. The maximum atomic E-state index is 13.2. The quantitative estimate of drug-likeness (QED) is 0.288. The van der Waals surface area contributed by atoms with Gasteiger partial charge in [-0.25, -0.2) is 4.98 Å². The molecule has 0 radical (unpaired) electrons. The van der Waals surface area contributed by atoms with Gasteiger partial charge in [-0.2, -0.15) is 0 Å². The zero-order valence-corrected chi connectivity index (χ0v) is 21.8. The molecule has 2 atom stereocenters. The lowest BCUT2D eigenvalue weighted by atomic mass is 9.65. The number of para-hydroxylation sites is 1. The van der Waals surface area contributed by atoms with Crippen molar-refractivity contribution in [3.63, 3.8) is 0 Å². The molecule has 3 aromatic heterocycles. The van der Waals surface area contributed by atoms with Crippen LogP contribution in [0.5, 0.6) is 0 Å². The molecule has 2 aliphatic rings. The minimum atomic E-state index is 0.163. The molecule has 180 valence electrons. The van der Waals surface area contributed by atoms with E-state index in [1.165, 1.54) is 18.2 Å². The zero-order valence-electron chi connectivity index (χ0n) is 20.2. The fraction of sp³-hybridized carbons (Fsp3) is 0.407. The number of fused-ring (bicyclic) bond motifs is 3. The number of pyridine rings is 1. The lowest BCUT2D eigenvalue weighted by Crippen LogP contribution is -2.38.